The SMILES string of the molecule is CC(=O)[C@@]12CC1C(O)[C@@H]1OC(C)(C)OC12. The standard InChI is InChI=1S/C11H16O4/c1-5(12)11-4-6(11)7(13)8-9(11)15-10(2,3)14-8/h6-9,13H,4H2,1-3H3/t6?,7?,8-,9?,11-/m0/s1. The van der Waals surface area contributed by atoms with Gasteiger partial charge in [0, 0.05) is 5.92 Å². The van der Waals surface area contributed by atoms with Gasteiger partial charge in [-0.1, -0.05) is 0 Å². The molecule has 2 saturated carbocycles. The molecule has 4 heteroatoms. The zero-order valence-electron chi connectivity index (χ0n) is 9.19. The summed E-state index contributed by atoms with van der Waals surface area (Å²) in [4.78, 5) is 11.7. The minimum Gasteiger partial charge on any atom is -0.390 e. The quantitative estimate of drug-likeness (QED) is 0.686. The van der Waals surface area contributed by atoms with E-state index in [4.69, 9.17) is 9.47 Å². The maximum absolute atomic E-state index is 11.7. The highest BCUT2D eigenvalue weighted by Gasteiger charge is 2.77. The topological polar surface area (TPSA) is 55.8 Å². The molecule has 0 aromatic heterocycles. The molecule has 84 valence electrons. The number of aliphatic hydroxyl groups excluding tert-OH is 1. The second-order valence-corrected chi connectivity index (χ2v) is 5.42. The summed E-state index contributed by atoms with van der Waals surface area (Å²) in [6.45, 7) is 5.23. The third-order valence-corrected chi connectivity index (χ3v) is 4.10. The lowest BCUT2D eigenvalue weighted by atomic mass is 9.95. The van der Waals surface area contributed by atoms with Gasteiger partial charge in [-0.3, -0.25) is 4.79 Å². The van der Waals surface area contributed by atoms with Crippen LogP contribution in [0, 0.1) is 11.3 Å². The number of ketones is 1. The highest BCUT2D eigenvalue weighted by atomic mass is 16.8. The first kappa shape index (κ1) is 9.75. The summed E-state index contributed by atoms with van der Waals surface area (Å²) in [7, 11) is 0. The van der Waals surface area contributed by atoms with Gasteiger partial charge in [-0.15, -0.1) is 0 Å². The fraction of sp³-hybridized carbons (Fsp3) is 0.909. The molecule has 0 amide bonds. The highest BCUT2D eigenvalue weighted by molar-refractivity contribution is 5.87. The molecule has 1 saturated heterocycles. The van der Waals surface area contributed by atoms with Crippen LogP contribution in [-0.2, 0) is 14.3 Å². The van der Waals surface area contributed by atoms with Crippen molar-refractivity contribution < 1.29 is 19.4 Å². The van der Waals surface area contributed by atoms with Crippen molar-refractivity contribution >= 4 is 5.78 Å². The smallest absolute Gasteiger partial charge is 0.163 e. The molecule has 0 aromatic carbocycles. The van der Waals surface area contributed by atoms with Crippen molar-refractivity contribution in [2.45, 2.75) is 51.3 Å². The Hall–Kier alpha value is -0.450. The minimum atomic E-state index is -0.674. The van der Waals surface area contributed by atoms with Gasteiger partial charge in [0.2, 0.25) is 0 Å². The number of fused-ring (bicyclic) bond motifs is 3. The number of hydrogen-bond acceptors (Lipinski definition) is 4. The molecule has 0 bridgehead atoms. The third-order valence-electron chi connectivity index (χ3n) is 4.10. The molecule has 3 rings (SSSR count). The van der Waals surface area contributed by atoms with Crippen molar-refractivity contribution in [3.63, 3.8) is 0 Å². The highest BCUT2D eigenvalue weighted by Crippen LogP contribution is 2.67. The van der Waals surface area contributed by atoms with Gasteiger partial charge in [0.15, 0.2) is 5.79 Å². The molecule has 15 heavy (non-hydrogen) atoms. The Morgan fingerprint density at radius 1 is 1.40 bits per heavy atom. The molecule has 0 aromatic rings. The Kier molecular flexibility index (Phi) is 1.59. The zero-order valence-corrected chi connectivity index (χ0v) is 9.19. The molecular formula is C11H16O4. The number of carbonyl (C=O) groups is 1. The summed E-state index contributed by atoms with van der Waals surface area (Å²) >= 11 is 0. The number of ether oxygens (including phenoxy) is 2. The van der Waals surface area contributed by atoms with Gasteiger partial charge >= 0.3 is 0 Å². The van der Waals surface area contributed by atoms with E-state index in [1.54, 1.807) is 6.92 Å². The van der Waals surface area contributed by atoms with Gasteiger partial charge in [-0.25, -0.2) is 0 Å². The third kappa shape index (κ3) is 0.998. The fourth-order valence-corrected chi connectivity index (χ4v) is 3.33. The van der Waals surface area contributed by atoms with Crippen LogP contribution in [0.5, 0.6) is 0 Å². The van der Waals surface area contributed by atoms with E-state index in [1.165, 1.54) is 0 Å². The molecular weight excluding hydrogens is 196 g/mol. The van der Waals surface area contributed by atoms with E-state index in [1.807, 2.05) is 13.8 Å². The van der Waals surface area contributed by atoms with Gasteiger partial charge in [-0.05, 0) is 27.2 Å². The predicted molar refractivity (Wildman–Crippen MR) is 51.1 cm³/mol. The monoisotopic (exact) mass is 212 g/mol. The molecule has 3 aliphatic rings. The lowest BCUT2D eigenvalue weighted by Crippen LogP contribution is -2.35. The van der Waals surface area contributed by atoms with E-state index in [9.17, 15) is 9.90 Å². The molecule has 0 radical (unpaired) electrons. The first-order valence-electron chi connectivity index (χ1n) is 5.43. The maximum Gasteiger partial charge on any atom is 0.163 e. The first-order valence-corrected chi connectivity index (χ1v) is 5.43. The van der Waals surface area contributed by atoms with E-state index in [0.717, 1.165) is 6.42 Å². The number of rotatable bonds is 1. The summed E-state index contributed by atoms with van der Waals surface area (Å²) < 4.78 is 11.4. The van der Waals surface area contributed by atoms with Crippen LogP contribution in [0.1, 0.15) is 27.2 Å². The molecule has 1 heterocycles. The average molecular weight is 212 g/mol. The minimum absolute atomic E-state index is 0.0566. The summed E-state index contributed by atoms with van der Waals surface area (Å²) in [6, 6.07) is 0. The molecule has 1 aliphatic heterocycles. The van der Waals surface area contributed by atoms with Crippen LogP contribution in [0.4, 0.5) is 0 Å². The Morgan fingerprint density at radius 2 is 2.07 bits per heavy atom. The van der Waals surface area contributed by atoms with Gasteiger partial charge in [0.25, 0.3) is 0 Å². The van der Waals surface area contributed by atoms with Crippen LogP contribution in [0.15, 0.2) is 0 Å². The van der Waals surface area contributed by atoms with Crippen molar-refractivity contribution in [1.29, 1.82) is 0 Å². The molecule has 2 aliphatic carbocycles. The number of Topliss-reactive ketones (excluding diaryl/α,β-unsaturated/α-hetero) is 1. The van der Waals surface area contributed by atoms with Crippen LogP contribution in [-0.4, -0.2) is 35.0 Å². The Bertz CT molecular complexity index is 337. The second-order valence-electron chi connectivity index (χ2n) is 5.42. The number of hydrogen-bond donors (Lipinski definition) is 1. The zero-order chi connectivity index (χ0) is 11.0. The Balaban J connectivity index is 1.96. The van der Waals surface area contributed by atoms with Gasteiger partial charge in [0.05, 0.1) is 11.5 Å². The Morgan fingerprint density at radius 3 is 2.67 bits per heavy atom. The van der Waals surface area contributed by atoms with Crippen molar-refractivity contribution in [2.24, 2.45) is 11.3 Å². The van der Waals surface area contributed by atoms with E-state index < -0.39 is 17.3 Å². The van der Waals surface area contributed by atoms with Gasteiger partial charge < -0.3 is 14.6 Å². The number of aliphatic hydroxyl groups is 1. The largest absolute Gasteiger partial charge is 0.390 e. The van der Waals surface area contributed by atoms with Crippen molar-refractivity contribution in [3.05, 3.63) is 0 Å². The van der Waals surface area contributed by atoms with Crippen LogP contribution >= 0.6 is 0 Å². The van der Waals surface area contributed by atoms with Gasteiger partial charge in [0.1, 0.15) is 18.0 Å². The summed E-state index contributed by atoms with van der Waals surface area (Å²) in [5.74, 6) is -0.492. The summed E-state index contributed by atoms with van der Waals surface area (Å²) in [6.07, 6.45) is -0.349. The van der Waals surface area contributed by atoms with Crippen LogP contribution in [0.3, 0.4) is 0 Å². The maximum atomic E-state index is 11.7. The molecule has 3 fully saturated rings. The second kappa shape index (κ2) is 2.44. The van der Waals surface area contributed by atoms with Crippen LogP contribution < -0.4 is 0 Å². The van der Waals surface area contributed by atoms with E-state index in [2.05, 4.69) is 0 Å². The van der Waals surface area contributed by atoms with Crippen molar-refractivity contribution in [2.75, 3.05) is 0 Å². The van der Waals surface area contributed by atoms with Crippen molar-refractivity contribution in [3.8, 4) is 0 Å². The normalized spacial score (nSPS) is 54.9. The van der Waals surface area contributed by atoms with E-state index in [-0.39, 0.29) is 23.9 Å². The molecule has 4 nitrogen and oxygen atoms in total. The molecule has 5 atom stereocenters. The van der Waals surface area contributed by atoms with Gasteiger partial charge in [-0.2, -0.15) is 0 Å². The lowest BCUT2D eigenvalue weighted by molar-refractivity contribution is -0.169. The van der Waals surface area contributed by atoms with Crippen LogP contribution in [0.2, 0.25) is 0 Å². The first-order chi connectivity index (χ1) is 6.88. The molecule has 0 spiro atoms. The molecule has 3 unspecified atom stereocenters. The summed E-state index contributed by atoms with van der Waals surface area (Å²) in [5, 5.41) is 10.00. The molecule has 1 N–H and O–H groups in total. The number of carbonyl (C=O) groups excluding carboxylic acids is 1. The fourth-order valence-electron chi connectivity index (χ4n) is 3.33. The van der Waals surface area contributed by atoms with Crippen LogP contribution in [0.25, 0.3) is 0 Å². The van der Waals surface area contributed by atoms with Crippen molar-refractivity contribution in [1.82, 2.24) is 0 Å². The predicted octanol–water partition coefficient (Wildman–Crippen LogP) is 0.476. The van der Waals surface area contributed by atoms with E-state index >= 15 is 0 Å². The Labute approximate surface area is 88.6 Å². The lowest BCUT2D eigenvalue weighted by Gasteiger charge is -2.21. The summed E-state index contributed by atoms with van der Waals surface area (Å²) in [5.41, 5.74) is -0.447. The average Bonchev–Trinajstić information content (AvgIpc) is 2.72. The van der Waals surface area contributed by atoms with E-state index in [0.29, 0.717) is 0 Å².